The zero-order valence-electron chi connectivity index (χ0n) is 14.3. The molecule has 0 aliphatic rings. The van der Waals surface area contributed by atoms with Gasteiger partial charge in [-0.3, -0.25) is 9.59 Å². The number of benzene rings is 2. The van der Waals surface area contributed by atoms with Gasteiger partial charge in [0.15, 0.2) is 6.61 Å². The van der Waals surface area contributed by atoms with Gasteiger partial charge >= 0.3 is 6.18 Å². The first-order valence-corrected chi connectivity index (χ1v) is 8.34. The minimum absolute atomic E-state index is 0.0635. The first-order valence-electron chi connectivity index (χ1n) is 7.97. The summed E-state index contributed by atoms with van der Waals surface area (Å²) in [5.74, 6) is -1.44. The predicted molar refractivity (Wildman–Crippen MR) is 93.7 cm³/mol. The van der Waals surface area contributed by atoms with Gasteiger partial charge in [-0.1, -0.05) is 11.6 Å². The Morgan fingerprint density at radius 3 is 2.25 bits per heavy atom. The maximum absolute atomic E-state index is 13.0. The average molecular weight is 419 g/mol. The van der Waals surface area contributed by atoms with E-state index in [9.17, 15) is 27.2 Å². The average Bonchev–Trinajstić information content (AvgIpc) is 2.65. The second-order valence-corrected chi connectivity index (χ2v) is 5.95. The lowest BCUT2D eigenvalue weighted by Crippen LogP contribution is -2.36. The fraction of sp³-hybridized carbons (Fsp3) is 0.222. The molecule has 0 aliphatic carbocycles. The first-order chi connectivity index (χ1) is 13.2. The lowest BCUT2D eigenvalue weighted by Gasteiger charge is -2.10. The highest BCUT2D eigenvalue weighted by Gasteiger charge is 2.30. The van der Waals surface area contributed by atoms with E-state index in [1.165, 1.54) is 12.1 Å². The Labute approximate surface area is 162 Å². The summed E-state index contributed by atoms with van der Waals surface area (Å²) in [5.41, 5.74) is -0.783. The summed E-state index contributed by atoms with van der Waals surface area (Å²) in [7, 11) is 0. The van der Waals surface area contributed by atoms with E-state index >= 15 is 0 Å². The number of nitrogens with one attached hydrogen (secondary N) is 2. The van der Waals surface area contributed by atoms with Crippen LogP contribution in [0.1, 0.15) is 15.9 Å². The lowest BCUT2D eigenvalue weighted by molar-refractivity contribution is -0.137. The Kier molecular flexibility index (Phi) is 7.22. The van der Waals surface area contributed by atoms with Crippen LogP contribution in [0.3, 0.4) is 0 Å². The van der Waals surface area contributed by atoms with Gasteiger partial charge in [-0.25, -0.2) is 4.39 Å². The molecule has 0 atom stereocenters. The van der Waals surface area contributed by atoms with Gasteiger partial charge in [0.2, 0.25) is 0 Å². The van der Waals surface area contributed by atoms with Gasteiger partial charge in [0.05, 0.1) is 10.6 Å². The molecule has 0 aliphatic heterocycles. The fourth-order valence-electron chi connectivity index (χ4n) is 2.06. The Morgan fingerprint density at radius 1 is 1.00 bits per heavy atom. The van der Waals surface area contributed by atoms with Crippen LogP contribution in [0.15, 0.2) is 42.5 Å². The van der Waals surface area contributed by atoms with Crippen molar-refractivity contribution in [2.45, 2.75) is 6.18 Å². The molecular weight excluding hydrogens is 404 g/mol. The number of carbonyl (C=O) groups is 2. The van der Waals surface area contributed by atoms with E-state index in [2.05, 4.69) is 10.6 Å². The quantitative estimate of drug-likeness (QED) is 0.535. The molecule has 0 saturated carbocycles. The van der Waals surface area contributed by atoms with E-state index in [1.807, 2.05) is 0 Å². The van der Waals surface area contributed by atoms with E-state index in [0.717, 1.165) is 30.3 Å². The summed E-state index contributed by atoms with van der Waals surface area (Å²) in [4.78, 5) is 23.5. The summed E-state index contributed by atoms with van der Waals surface area (Å²) >= 11 is 5.59. The summed E-state index contributed by atoms with van der Waals surface area (Å²) in [5, 5.41) is 4.81. The van der Waals surface area contributed by atoms with Crippen LogP contribution in [-0.2, 0) is 11.0 Å². The molecule has 150 valence electrons. The zero-order chi connectivity index (χ0) is 20.7. The molecule has 0 fully saturated rings. The molecule has 5 nitrogen and oxygen atoms in total. The number of carbonyl (C=O) groups excluding carboxylic acids is 2. The van der Waals surface area contributed by atoms with Crippen LogP contribution in [0.25, 0.3) is 0 Å². The standard InChI is InChI=1S/C18H15ClF4N2O3/c19-14-9-13(5-6-15(14)20)28-10-16(26)24-7-8-25-17(27)11-1-3-12(4-2-11)18(21,22)23/h1-6,9H,7-8,10H2,(H,24,26)(H,25,27). The SMILES string of the molecule is O=C(COc1ccc(F)c(Cl)c1)NCCNC(=O)c1ccc(C(F)(F)F)cc1. The third-order valence-electron chi connectivity index (χ3n) is 3.47. The second kappa shape index (κ2) is 9.41. The number of hydrogen-bond donors (Lipinski definition) is 2. The minimum Gasteiger partial charge on any atom is -0.484 e. The summed E-state index contributed by atoms with van der Waals surface area (Å²) in [6.07, 6.45) is -4.47. The molecule has 0 radical (unpaired) electrons. The highest BCUT2D eigenvalue weighted by Crippen LogP contribution is 2.29. The normalized spacial score (nSPS) is 11.0. The van der Waals surface area contributed by atoms with Crippen LogP contribution in [0.5, 0.6) is 5.75 Å². The summed E-state index contributed by atoms with van der Waals surface area (Å²) < 4.78 is 55.6. The number of rotatable bonds is 7. The molecule has 2 aromatic carbocycles. The molecule has 0 unspecified atom stereocenters. The molecule has 2 amide bonds. The van der Waals surface area contributed by atoms with Gasteiger partial charge in [0, 0.05) is 24.7 Å². The van der Waals surface area contributed by atoms with E-state index in [-0.39, 0.29) is 36.0 Å². The maximum atomic E-state index is 13.0. The second-order valence-electron chi connectivity index (χ2n) is 5.55. The van der Waals surface area contributed by atoms with Crippen LogP contribution in [-0.4, -0.2) is 31.5 Å². The zero-order valence-corrected chi connectivity index (χ0v) is 15.0. The number of ether oxygens (including phenoxy) is 1. The molecule has 28 heavy (non-hydrogen) atoms. The van der Waals surface area contributed by atoms with Gasteiger partial charge < -0.3 is 15.4 Å². The summed E-state index contributed by atoms with van der Waals surface area (Å²) in [6.45, 7) is -0.193. The molecule has 0 saturated heterocycles. The van der Waals surface area contributed by atoms with Crippen molar-refractivity contribution in [2.75, 3.05) is 19.7 Å². The monoisotopic (exact) mass is 418 g/mol. The summed E-state index contributed by atoms with van der Waals surface area (Å²) in [6, 6.07) is 7.42. The first kappa shape index (κ1) is 21.5. The van der Waals surface area contributed by atoms with Gasteiger partial charge in [-0.15, -0.1) is 0 Å². The van der Waals surface area contributed by atoms with Crippen LogP contribution >= 0.6 is 11.6 Å². The van der Waals surface area contributed by atoms with Crippen molar-refractivity contribution in [2.24, 2.45) is 0 Å². The lowest BCUT2D eigenvalue weighted by atomic mass is 10.1. The minimum atomic E-state index is -4.47. The molecule has 10 heteroatoms. The van der Waals surface area contributed by atoms with Crippen LogP contribution in [0, 0.1) is 5.82 Å². The molecule has 2 rings (SSSR count). The maximum Gasteiger partial charge on any atom is 0.416 e. The van der Waals surface area contributed by atoms with Gasteiger partial charge in [0.25, 0.3) is 11.8 Å². The number of hydrogen-bond acceptors (Lipinski definition) is 3. The van der Waals surface area contributed by atoms with Crippen molar-refractivity contribution in [1.82, 2.24) is 10.6 Å². The number of alkyl halides is 3. The van der Waals surface area contributed by atoms with Crippen molar-refractivity contribution in [3.63, 3.8) is 0 Å². The van der Waals surface area contributed by atoms with Gasteiger partial charge in [-0.05, 0) is 36.4 Å². The molecule has 0 aromatic heterocycles. The molecule has 0 heterocycles. The van der Waals surface area contributed by atoms with E-state index in [1.54, 1.807) is 0 Å². The van der Waals surface area contributed by atoms with Crippen molar-refractivity contribution in [1.29, 1.82) is 0 Å². The molecule has 0 bridgehead atoms. The van der Waals surface area contributed by atoms with Crippen molar-refractivity contribution in [3.8, 4) is 5.75 Å². The van der Waals surface area contributed by atoms with Crippen molar-refractivity contribution in [3.05, 3.63) is 64.4 Å². The van der Waals surface area contributed by atoms with Crippen molar-refractivity contribution < 1.29 is 31.9 Å². The van der Waals surface area contributed by atoms with Crippen molar-refractivity contribution >= 4 is 23.4 Å². The topological polar surface area (TPSA) is 67.4 Å². The molecule has 0 spiro atoms. The van der Waals surface area contributed by atoms with E-state index < -0.39 is 29.4 Å². The Bertz CT molecular complexity index is 842. The highest BCUT2D eigenvalue weighted by atomic mass is 35.5. The van der Waals surface area contributed by atoms with Gasteiger partial charge in [0.1, 0.15) is 11.6 Å². The van der Waals surface area contributed by atoms with E-state index in [4.69, 9.17) is 16.3 Å². The van der Waals surface area contributed by atoms with Crippen LogP contribution in [0.4, 0.5) is 17.6 Å². The van der Waals surface area contributed by atoms with Crippen LogP contribution in [0.2, 0.25) is 5.02 Å². The smallest absolute Gasteiger partial charge is 0.416 e. The largest absolute Gasteiger partial charge is 0.484 e. The van der Waals surface area contributed by atoms with Crippen LogP contribution < -0.4 is 15.4 Å². The van der Waals surface area contributed by atoms with E-state index in [0.29, 0.717) is 0 Å². The third kappa shape index (κ3) is 6.41. The Morgan fingerprint density at radius 2 is 1.64 bits per heavy atom. The highest BCUT2D eigenvalue weighted by molar-refractivity contribution is 6.30. The molecular formula is C18H15ClF4N2O3. The predicted octanol–water partition coefficient (Wildman–Crippen LogP) is 3.42. The number of amides is 2. The van der Waals surface area contributed by atoms with Gasteiger partial charge in [-0.2, -0.15) is 13.2 Å². The Balaban J connectivity index is 1.69. The molecule has 2 N–H and O–H groups in total. The number of halogens is 5. The molecule has 2 aromatic rings. The Hall–Kier alpha value is -2.81. The fourth-order valence-corrected chi connectivity index (χ4v) is 2.23. The third-order valence-corrected chi connectivity index (χ3v) is 3.76.